The minimum atomic E-state index is -2.58. The normalized spacial score (nSPS) is 20.1. The molecule has 3 nitrogen and oxygen atoms in total. The average molecular weight is 220 g/mol. The first-order chi connectivity index (χ1) is 6.98. The summed E-state index contributed by atoms with van der Waals surface area (Å²) in [5, 5.41) is 2.40. The van der Waals surface area contributed by atoms with E-state index in [1.54, 1.807) is 0 Å². The second kappa shape index (κ2) is 4.88. The first-order valence-corrected chi connectivity index (χ1v) is 5.27. The third-order valence-corrected chi connectivity index (χ3v) is 2.74. The predicted octanol–water partition coefficient (Wildman–Crippen LogP) is 1.28. The zero-order valence-corrected chi connectivity index (χ0v) is 8.93. The van der Waals surface area contributed by atoms with E-state index in [9.17, 15) is 13.6 Å². The van der Waals surface area contributed by atoms with Gasteiger partial charge < -0.3 is 11.1 Å². The number of alkyl halides is 2. The number of halogens is 2. The van der Waals surface area contributed by atoms with Gasteiger partial charge in [-0.3, -0.25) is 4.79 Å². The molecule has 0 aromatic heterocycles. The van der Waals surface area contributed by atoms with Gasteiger partial charge in [-0.2, -0.15) is 0 Å². The molecule has 1 atom stereocenters. The van der Waals surface area contributed by atoms with Gasteiger partial charge in [0.1, 0.15) is 0 Å². The van der Waals surface area contributed by atoms with Crippen LogP contribution in [0, 0.1) is 5.92 Å². The molecule has 88 valence electrons. The number of nitrogens with two attached hydrogens (primary N) is 1. The topological polar surface area (TPSA) is 55.1 Å². The van der Waals surface area contributed by atoms with E-state index in [4.69, 9.17) is 5.73 Å². The van der Waals surface area contributed by atoms with Crippen LogP contribution >= 0.6 is 0 Å². The molecule has 1 fully saturated rings. The molecule has 15 heavy (non-hydrogen) atoms. The Balaban J connectivity index is 2.44. The van der Waals surface area contributed by atoms with Gasteiger partial charge in [-0.15, -0.1) is 0 Å². The van der Waals surface area contributed by atoms with Crippen molar-refractivity contribution in [1.29, 1.82) is 0 Å². The molecule has 0 aliphatic heterocycles. The fraction of sp³-hybridized carbons (Fsp3) is 0.900. The van der Waals surface area contributed by atoms with Crippen molar-refractivity contribution in [3.05, 3.63) is 0 Å². The van der Waals surface area contributed by atoms with Crippen molar-refractivity contribution in [2.75, 3.05) is 6.54 Å². The molecule has 0 aromatic rings. The van der Waals surface area contributed by atoms with Gasteiger partial charge >= 0.3 is 0 Å². The van der Waals surface area contributed by atoms with Crippen molar-refractivity contribution in [2.45, 2.75) is 44.6 Å². The lowest BCUT2D eigenvalue weighted by Gasteiger charge is -2.29. The minimum absolute atomic E-state index is 0.0983. The Hall–Kier alpha value is -0.710. The third-order valence-electron chi connectivity index (χ3n) is 2.74. The van der Waals surface area contributed by atoms with Gasteiger partial charge in [0.2, 0.25) is 5.91 Å². The molecule has 1 aliphatic carbocycles. The zero-order chi connectivity index (χ0) is 11.5. The molecule has 5 heteroatoms. The van der Waals surface area contributed by atoms with Gasteiger partial charge in [0.25, 0.3) is 6.43 Å². The largest absolute Gasteiger partial charge is 0.345 e. The van der Waals surface area contributed by atoms with Crippen LogP contribution in [-0.4, -0.2) is 24.4 Å². The highest BCUT2D eigenvalue weighted by Crippen LogP contribution is 2.32. The summed E-state index contributed by atoms with van der Waals surface area (Å²) in [6.45, 7) is 1.49. The highest BCUT2D eigenvalue weighted by atomic mass is 19.3. The molecule has 0 spiro atoms. The second-order valence-corrected chi connectivity index (χ2v) is 4.45. The highest BCUT2D eigenvalue weighted by molar-refractivity contribution is 5.77. The van der Waals surface area contributed by atoms with Crippen molar-refractivity contribution in [3.8, 4) is 0 Å². The summed E-state index contributed by atoms with van der Waals surface area (Å²) < 4.78 is 25.4. The summed E-state index contributed by atoms with van der Waals surface area (Å²) >= 11 is 0. The Morgan fingerprint density at radius 2 is 2.20 bits per heavy atom. The Kier molecular flexibility index (Phi) is 4.02. The SMILES string of the molecule is CC(CCN)(NC(=O)CC1CC1)C(F)F. The van der Waals surface area contributed by atoms with E-state index in [0.29, 0.717) is 12.3 Å². The summed E-state index contributed by atoms with van der Waals surface area (Å²) in [6, 6.07) is 0. The quantitative estimate of drug-likeness (QED) is 0.708. The first kappa shape index (κ1) is 12.4. The lowest BCUT2D eigenvalue weighted by atomic mass is 9.98. The summed E-state index contributed by atoms with van der Waals surface area (Å²) in [4.78, 5) is 11.4. The van der Waals surface area contributed by atoms with E-state index in [-0.39, 0.29) is 18.9 Å². The molecule has 0 aromatic carbocycles. The molecule has 1 aliphatic rings. The van der Waals surface area contributed by atoms with Crippen molar-refractivity contribution < 1.29 is 13.6 Å². The molecule has 1 rings (SSSR count). The molecular weight excluding hydrogens is 202 g/mol. The van der Waals surface area contributed by atoms with Crippen LogP contribution in [0.15, 0.2) is 0 Å². The van der Waals surface area contributed by atoms with E-state index in [1.807, 2.05) is 0 Å². The van der Waals surface area contributed by atoms with Crippen LogP contribution in [0.4, 0.5) is 8.78 Å². The highest BCUT2D eigenvalue weighted by Gasteiger charge is 2.36. The Morgan fingerprint density at radius 1 is 1.60 bits per heavy atom. The molecule has 3 N–H and O–H groups in total. The Labute approximate surface area is 88.4 Å². The van der Waals surface area contributed by atoms with Gasteiger partial charge in [-0.05, 0) is 38.6 Å². The minimum Gasteiger partial charge on any atom is -0.345 e. The van der Waals surface area contributed by atoms with Crippen LogP contribution in [0.5, 0.6) is 0 Å². The van der Waals surface area contributed by atoms with E-state index in [1.165, 1.54) is 6.92 Å². The maximum atomic E-state index is 12.7. The summed E-state index contributed by atoms with van der Waals surface area (Å²) in [7, 11) is 0. The summed E-state index contributed by atoms with van der Waals surface area (Å²) in [5.41, 5.74) is 3.79. The Bertz CT molecular complexity index is 231. The second-order valence-electron chi connectivity index (χ2n) is 4.45. The van der Waals surface area contributed by atoms with Gasteiger partial charge in [0.05, 0.1) is 5.54 Å². The number of hydrogen-bond acceptors (Lipinski definition) is 2. The van der Waals surface area contributed by atoms with E-state index in [0.717, 1.165) is 12.8 Å². The van der Waals surface area contributed by atoms with Gasteiger partial charge in [-0.1, -0.05) is 0 Å². The molecule has 1 amide bonds. The van der Waals surface area contributed by atoms with E-state index < -0.39 is 12.0 Å². The lowest BCUT2D eigenvalue weighted by molar-refractivity contribution is -0.125. The maximum absolute atomic E-state index is 12.7. The monoisotopic (exact) mass is 220 g/mol. The van der Waals surface area contributed by atoms with Crippen LogP contribution in [0.2, 0.25) is 0 Å². The number of carbonyl (C=O) groups excluding carboxylic acids is 1. The van der Waals surface area contributed by atoms with E-state index >= 15 is 0 Å². The molecule has 0 saturated heterocycles. The van der Waals surface area contributed by atoms with E-state index in [2.05, 4.69) is 5.32 Å². The fourth-order valence-electron chi connectivity index (χ4n) is 1.48. The predicted molar refractivity (Wildman–Crippen MR) is 53.6 cm³/mol. The number of amides is 1. The number of rotatable bonds is 6. The molecule has 1 saturated carbocycles. The number of nitrogens with one attached hydrogen (secondary N) is 1. The molecular formula is C10H18F2N2O. The maximum Gasteiger partial charge on any atom is 0.261 e. The third kappa shape index (κ3) is 3.74. The molecule has 1 unspecified atom stereocenters. The lowest BCUT2D eigenvalue weighted by Crippen LogP contribution is -2.52. The number of hydrogen-bond donors (Lipinski definition) is 2. The van der Waals surface area contributed by atoms with Crippen LogP contribution in [-0.2, 0) is 4.79 Å². The first-order valence-electron chi connectivity index (χ1n) is 5.27. The van der Waals surface area contributed by atoms with Crippen LogP contribution in [0.1, 0.15) is 32.6 Å². The fourth-order valence-corrected chi connectivity index (χ4v) is 1.48. The van der Waals surface area contributed by atoms with Crippen LogP contribution in [0.25, 0.3) is 0 Å². The standard InChI is InChI=1S/C10H18F2N2O/c1-10(4-5-13,9(11)12)14-8(15)6-7-2-3-7/h7,9H,2-6,13H2,1H3,(H,14,15). The van der Waals surface area contributed by atoms with Crippen molar-refractivity contribution in [1.82, 2.24) is 5.32 Å². The van der Waals surface area contributed by atoms with Crippen molar-refractivity contribution in [3.63, 3.8) is 0 Å². The van der Waals surface area contributed by atoms with Crippen LogP contribution < -0.4 is 11.1 Å². The van der Waals surface area contributed by atoms with Crippen LogP contribution in [0.3, 0.4) is 0 Å². The van der Waals surface area contributed by atoms with Gasteiger partial charge in [0.15, 0.2) is 0 Å². The average Bonchev–Trinajstić information content (AvgIpc) is 2.87. The molecule has 0 bridgehead atoms. The number of carbonyl (C=O) groups is 1. The summed E-state index contributed by atoms with van der Waals surface area (Å²) in [6.07, 6.45) is -0.0384. The zero-order valence-electron chi connectivity index (χ0n) is 8.93. The van der Waals surface area contributed by atoms with Crippen molar-refractivity contribution >= 4 is 5.91 Å². The Morgan fingerprint density at radius 3 is 2.60 bits per heavy atom. The summed E-state index contributed by atoms with van der Waals surface area (Å²) in [5.74, 6) is 0.124. The molecule has 0 heterocycles. The molecule has 0 radical (unpaired) electrons. The smallest absolute Gasteiger partial charge is 0.261 e. The van der Waals surface area contributed by atoms with Gasteiger partial charge in [-0.25, -0.2) is 8.78 Å². The van der Waals surface area contributed by atoms with Gasteiger partial charge in [0, 0.05) is 6.42 Å². The van der Waals surface area contributed by atoms with Crippen molar-refractivity contribution in [2.24, 2.45) is 11.7 Å².